The predicted molar refractivity (Wildman–Crippen MR) is 52.7 cm³/mol. The summed E-state index contributed by atoms with van der Waals surface area (Å²) in [4.78, 5) is 11.9. The fourth-order valence-corrected chi connectivity index (χ4v) is 1.65. The van der Waals surface area contributed by atoms with Gasteiger partial charge in [0.1, 0.15) is 0 Å². The fraction of sp³-hybridized carbons (Fsp3) is 0.125. The van der Waals surface area contributed by atoms with E-state index in [1.165, 1.54) is 11.3 Å². The van der Waals surface area contributed by atoms with E-state index in [2.05, 4.69) is 10.2 Å². The standard InChI is InChI=1S/C8H5ClN2O2S/c9-4-5(12)7-10-11-8(13-7)6-2-1-3-14-6/h1-3H,4H2. The van der Waals surface area contributed by atoms with Gasteiger partial charge in [-0.05, 0) is 11.4 Å². The number of thiophene rings is 1. The normalized spacial score (nSPS) is 10.4. The Morgan fingerprint density at radius 2 is 2.43 bits per heavy atom. The van der Waals surface area contributed by atoms with Gasteiger partial charge < -0.3 is 4.42 Å². The molecule has 0 saturated heterocycles. The minimum Gasteiger partial charge on any atom is -0.413 e. The lowest BCUT2D eigenvalue weighted by Crippen LogP contribution is -1.99. The van der Waals surface area contributed by atoms with E-state index in [1.807, 2.05) is 17.5 Å². The SMILES string of the molecule is O=C(CCl)c1nnc(-c2cccs2)o1. The van der Waals surface area contributed by atoms with E-state index >= 15 is 0 Å². The summed E-state index contributed by atoms with van der Waals surface area (Å²) in [5.74, 6) is -0.189. The molecule has 2 rings (SSSR count). The van der Waals surface area contributed by atoms with Crippen LogP contribution in [0.4, 0.5) is 0 Å². The number of alkyl halides is 1. The van der Waals surface area contributed by atoms with Gasteiger partial charge >= 0.3 is 0 Å². The van der Waals surface area contributed by atoms with Gasteiger partial charge in [0.2, 0.25) is 5.78 Å². The second-order valence-corrected chi connectivity index (χ2v) is 3.66. The van der Waals surface area contributed by atoms with Crippen molar-refractivity contribution in [3.8, 4) is 10.8 Å². The van der Waals surface area contributed by atoms with Gasteiger partial charge in [0.05, 0.1) is 10.8 Å². The lowest BCUT2D eigenvalue weighted by molar-refractivity contribution is 0.0985. The Kier molecular flexibility index (Phi) is 2.60. The lowest BCUT2D eigenvalue weighted by Gasteiger charge is -1.86. The number of carbonyl (C=O) groups excluding carboxylic acids is 1. The molecule has 0 saturated carbocycles. The Morgan fingerprint density at radius 1 is 1.57 bits per heavy atom. The molecule has 14 heavy (non-hydrogen) atoms. The average Bonchev–Trinajstić information content (AvgIpc) is 2.86. The van der Waals surface area contributed by atoms with Crippen molar-refractivity contribution >= 4 is 28.7 Å². The third kappa shape index (κ3) is 1.69. The molecule has 0 N–H and O–H groups in total. The second kappa shape index (κ2) is 3.89. The second-order valence-electron chi connectivity index (χ2n) is 2.45. The van der Waals surface area contributed by atoms with Crippen LogP contribution < -0.4 is 0 Å². The van der Waals surface area contributed by atoms with Gasteiger partial charge in [-0.1, -0.05) is 6.07 Å². The zero-order valence-corrected chi connectivity index (χ0v) is 8.51. The summed E-state index contributed by atoms with van der Waals surface area (Å²) in [7, 11) is 0. The van der Waals surface area contributed by atoms with Crippen molar-refractivity contribution in [2.75, 3.05) is 5.88 Å². The van der Waals surface area contributed by atoms with Crippen molar-refractivity contribution in [1.82, 2.24) is 10.2 Å². The molecule has 0 aromatic carbocycles. The number of ketones is 1. The van der Waals surface area contributed by atoms with Gasteiger partial charge in [0.15, 0.2) is 0 Å². The topological polar surface area (TPSA) is 56.0 Å². The molecule has 0 bridgehead atoms. The van der Waals surface area contributed by atoms with Gasteiger partial charge in [-0.2, -0.15) is 0 Å². The zero-order valence-electron chi connectivity index (χ0n) is 6.94. The highest BCUT2D eigenvalue weighted by Gasteiger charge is 2.14. The van der Waals surface area contributed by atoms with Crippen molar-refractivity contribution in [2.45, 2.75) is 0 Å². The van der Waals surface area contributed by atoms with E-state index in [4.69, 9.17) is 16.0 Å². The molecule has 72 valence electrons. The number of halogens is 1. The number of hydrogen-bond donors (Lipinski definition) is 0. The highest BCUT2D eigenvalue weighted by molar-refractivity contribution is 7.13. The molecule has 0 amide bonds. The van der Waals surface area contributed by atoms with E-state index in [0.717, 1.165) is 4.88 Å². The first kappa shape index (κ1) is 9.36. The Balaban J connectivity index is 2.31. The minimum atomic E-state index is -0.359. The predicted octanol–water partition coefficient (Wildman–Crippen LogP) is 2.22. The van der Waals surface area contributed by atoms with Crippen molar-refractivity contribution in [3.63, 3.8) is 0 Å². The molecule has 2 aromatic heterocycles. The van der Waals surface area contributed by atoms with Crippen LogP contribution in [-0.4, -0.2) is 21.9 Å². The van der Waals surface area contributed by atoms with Crippen LogP contribution in [0.15, 0.2) is 21.9 Å². The quantitative estimate of drug-likeness (QED) is 0.597. The molecule has 0 atom stereocenters. The van der Waals surface area contributed by atoms with Gasteiger partial charge in [0, 0.05) is 0 Å². The van der Waals surface area contributed by atoms with E-state index in [9.17, 15) is 4.79 Å². The Morgan fingerprint density at radius 3 is 3.07 bits per heavy atom. The summed E-state index contributed by atoms with van der Waals surface area (Å²) in [6.07, 6.45) is 0. The van der Waals surface area contributed by atoms with Gasteiger partial charge in [-0.3, -0.25) is 4.79 Å². The van der Waals surface area contributed by atoms with Crippen LogP contribution >= 0.6 is 22.9 Å². The third-order valence-corrected chi connectivity index (χ3v) is 2.62. The molecular formula is C8H5ClN2O2S. The molecule has 0 spiro atoms. The number of rotatable bonds is 3. The minimum absolute atomic E-state index is 0.0385. The first-order chi connectivity index (χ1) is 6.81. The summed E-state index contributed by atoms with van der Waals surface area (Å²) in [6.45, 7) is 0. The Labute approximate surface area is 88.5 Å². The summed E-state index contributed by atoms with van der Waals surface area (Å²) in [6, 6.07) is 3.71. The van der Waals surface area contributed by atoms with E-state index in [-0.39, 0.29) is 17.6 Å². The first-order valence-corrected chi connectivity index (χ1v) is 5.19. The van der Waals surface area contributed by atoms with Crippen LogP contribution in [0.2, 0.25) is 0 Å². The van der Waals surface area contributed by atoms with Gasteiger partial charge in [0.25, 0.3) is 11.8 Å². The van der Waals surface area contributed by atoms with Crippen LogP contribution in [0.3, 0.4) is 0 Å². The van der Waals surface area contributed by atoms with Crippen molar-refractivity contribution < 1.29 is 9.21 Å². The molecule has 2 aromatic rings. The summed E-state index contributed by atoms with van der Waals surface area (Å²) in [5.41, 5.74) is 0. The van der Waals surface area contributed by atoms with Crippen molar-refractivity contribution in [2.24, 2.45) is 0 Å². The number of hydrogen-bond acceptors (Lipinski definition) is 5. The fourth-order valence-electron chi connectivity index (χ4n) is 0.893. The van der Waals surface area contributed by atoms with Crippen LogP contribution in [0.1, 0.15) is 10.7 Å². The number of carbonyl (C=O) groups is 1. The molecule has 0 aliphatic heterocycles. The highest BCUT2D eigenvalue weighted by Crippen LogP contribution is 2.22. The maximum absolute atomic E-state index is 11.1. The number of aromatic nitrogens is 2. The number of Topliss-reactive ketones (excluding diaryl/α,β-unsaturated/α-hetero) is 1. The van der Waals surface area contributed by atoms with E-state index in [0.29, 0.717) is 5.89 Å². The molecule has 0 unspecified atom stereocenters. The molecule has 2 heterocycles. The lowest BCUT2D eigenvalue weighted by atomic mass is 10.4. The van der Waals surface area contributed by atoms with Crippen molar-refractivity contribution in [3.05, 3.63) is 23.4 Å². The molecule has 0 aliphatic rings. The largest absolute Gasteiger partial charge is 0.413 e. The zero-order chi connectivity index (χ0) is 9.97. The maximum atomic E-state index is 11.1. The van der Waals surface area contributed by atoms with Gasteiger partial charge in [-0.15, -0.1) is 33.1 Å². The first-order valence-electron chi connectivity index (χ1n) is 3.78. The third-order valence-electron chi connectivity index (χ3n) is 1.52. The maximum Gasteiger partial charge on any atom is 0.285 e. The highest BCUT2D eigenvalue weighted by atomic mass is 35.5. The molecule has 0 fully saturated rings. The number of nitrogens with zero attached hydrogens (tertiary/aromatic N) is 2. The smallest absolute Gasteiger partial charge is 0.285 e. The Hall–Kier alpha value is -1.20. The molecular weight excluding hydrogens is 224 g/mol. The monoisotopic (exact) mass is 228 g/mol. The van der Waals surface area contributed by atoms with E-state index < -0.39 is 0 Å². The molecule has 6 heteroatoms. The molecule has 0 radical (unpaired) electrons. The van der Waals surface area contributed by atoms with Crippen LogP contribution in [0.5, 0.6) is 0 Å². The van der Waals surface area contributed by atoms with Crippen LogP contribution in [-0.2, 0) is 0 Å². The molecule has 4 nitrogen and oxygen atoms in total. The Bertz CT molecular complexity index is 438. The van der Waals surface area contributed by atoms with Gasteiger partial charge in [-0.25, -0.2) is 0 Å². The van der Waals surface area contributed by atoms with Crippen LogP contribution in [0.25, 0.3) is 10.8 Å². The van der Waals surface area contributed by atoms with E-state index in [1.54, 1.807) is 0 Å². The average molecular weight is 229 g/mol. The summed E-state index contributed by atoms with van der Waals surface area (Å²) >= 11 is 6.81. The van der Waals surface area contributed by atoms with Crippen molar-refractivity contribution in [1.29, 1.82) is 0 Å². The summed E-state index contributed by atoms with van der Waals surface area (Å²) in [5, 5.41) is 9.23. The van der Waals surface area contributed by atoms with Crippen LogP contribution in [0, 0.1) is 0 Å². The summed E-state index contributed by atoms with van der Waals surface area (Å²) < 4.78 is 5.13. The molecule has 0 aliphatic carbocycles.